The first kappa shape index (κ1) is 12.4. The van der Waals surface area contributed by atoms with E-state index in [0.29, 0.717) is 19.6 Å². The number of sulfone groups is 1. The second-order valence-electron chi connectivity index (χ2n) is 4.10. The number of carbonyl (C=O) groups excluding carboxylic acids is 1. The number of nitrogens with zero attached hydrogens (tertiary/aromatic N) is 1. The largest absolute Gasteiger partial charge is 0.340 e. The lowest BCUT2D eigenvalue weighted by atomic mass is 10.1. The normalized spacial score (nSPS) is 27.4. The van der Waals surface area contributed by atoms with E-state index in [1.165, 1.54) is 0 Å². The Bertz CT molecular complexity index is 339. The summed E-state index contributed by atoms with van der Waals surface area (Å²) in [6.07, 6.45) is 0. The van der Waals surface area contributed by atoms with Crippen LogP contribution in [0.1, 0.15) is 13.8 Å². The van der Waals surface area contributed by atoms with Crippen LogP contribution in [0.15, 0.2) is 0 Å². The Morgan fingerprint density at radius 1 is 1.60 bits per heavy atom. The fraction of sp³-hybridized carbons (Fsp3) is 0.889. The van der Waals surface area contributed by atoms with Gasteiger partial charge in [-0.2, -0.15) is 0 Å². The van der Waals surface area contributed by atoms with E-state index in [1.54, 1.807) is 18.7 Å². The molecule has 0 aromatic carbocycles. The van der Waals surface area contributed by atoms with Crippen molar-refractivity contribution in [2.24, 2.45) is 11.7 Å². The Hall–Kier alpha value is -0.620. The van der Waals surface area contributed by atoms with Crippen LogP contribution in [-0.4, -0.2) is 49.9 Å². The summed E-state index contributed by atoms with van der Waals surface area (Å²) in [5, 5.41) is -0.458. The fourth-order valence-electron chi connectivity index (χ4n) is 1.57. The van der Waals surface area contributed by atoms with Crippen molar-refractivity contribution in [3.63, 3.8) is 0 Å². The number of rotatable bonds is 2. The van der Waals surface area contributed by atoms with E-state index in [0.717, 1.165) is 0 Å². The Balaban J connectivity index is 2.66. The molecule has 6 heteroatoms. The molecule has 88 valence electrons. The highest BCUT2D eigenvalue weighted by Gasteiger charge is 2.32. The van der Waals surface area contributed by atoms with Gasteiger partial charge in [-0.05, 0) is 6.92 Å². The molecule has 1 saturated heterocycles. The molecule has 1 amide bonds. The molecule has 1 aliphatic heterocycles. The zero-order valence-corrected chi connectivity index (χ0v) is 9.96. The SMILES string of the molecule is CC(CN)C(=O)N1CCS(=O)(=O)C(C)C1. The molecule has 2 atom stereocenters. The smallest absolute Gasteiger partial charge is 0.226 e. The van der Waals surface area contributed by atoms with Crippen LogP contribution in [0.25, 0.3) is 0 Å². The highest BCUT2D eigenvalue weighted by atomic mass is 32.2. The van der Waals surface area contributed by atoms with Crippen LogP contribution >= 0.6 is 0 Å². The zero-order valence-electron chi connectivity index (χ0n) is 9.14. The topological polar surface area (TPSA) is 80.5 Å². The van der Waals surface area contributed by atoms with E-state index < -0.39 is 15.1 Å². The van der Waals surface area contributed by atoms with Crippen molar-refractivity contribution < 1.29 is 13.2 Å². The summed E-state index contributed by atoms with van der Waals surface area (Å²) in [7, 11) is -2.99. The minimum Gasteiger partial charge on any atom is -0.340 e. The number of amides is 1. The molecule has 2 N–H and O–H groups in total. The molecule has 1 aliphatic rings. The number of carbonyl (C=O) groups is 1. The molecule has 0 saturated carbocycles. The molecule has 0 aromatic rings. The van der Waals surface area contributed by atoms with Gasteiger partial charge >= 0.3 is 0 Å². The van der Waals surface area contributed by atoms with Crippen LogP contribution in [0.4, 0.5) is 0 Å². The van der Waals surface area contributed by atoms with Gasteiger partial charge < -0.3 is 10.6 Å². The molecule has 15 heavy (non-hydrogen) atoms. The minimum absolute atomic E-state index is 0.0424. The Kier molecular flexibility index (Phi) is 3.72. The summed E-state index contributed by atoms with van der Waals surface area (Å²) >= 11 is 0. The van der Waals surface area contributed by atoms with Gasteiger partial charge in [0.05, 0.1) is 11.0 Å². The van der Waals surface area contributed by atoms with E-state index in [9.17, 15) is 13.2 Å². The van der Waals surface area contributed by atoms with Gasteiger partial charge in [0.25, 0.3) is 0 Å². The molecule has 5 nitrogen and oxygen atoms in total. The van der Waals surface area contributed by atoms with Crippen molar-refractivity contribution >= 4 is 15.7 Å². The summed E-state index contributed by atoms with van der Waals surface area (Å²) in [6.45, 7) is 4.30. The molecule has 1 rings (SSSR count). The van der Waals surface area contributed by atoms with E-state index >= 15 is 0 Å². The Labute approximate surface area is 90.5 Å². The predicted molar refractivity (Wildman–Crippen MR) is 58.0 cm³/mol. The first-order valence-corrected chi connectivity index (χ1v) is 6.80. The third kappa shape index (κ3) is 2.69. The summed E-state index contributed by atoms with van der Waals surface area (Å²) in [5.74, 6) is -0.200. The maximum Gasteiger partial charge on any atom is 0.226 e. The fourth-order valence-corrected chi connectivity index (χ4v) is 2.85. The summed E-state index contributed by atoms with van der Waals surface area (Å²) in [6, 6.07) is 0. The Morgan fingerprint density at radius 3 is 2.67 bits per heavy atom. The quantitative estimate of drug-likeness (QED) is 0.680. The van der Waals surface area contributed by atoms with E-state index in [-0.39, 0.29) is 17.6 Å². The summed E-state index contributed by atoms with van der Waals surface area (Å²) < 4.78 is 22.9. The lowest BCUT2D eigenvalue weighted by Crippen LogP contribution is -2.50. The van der Waals surface area contributed by atoms with Crippen LogP contribution in [0.2, 0.25) is 0 Å². The lowest BCUT2D eigenvalue weighted by molar-refractivity contribution is -0.134. The monoisotopic (exact) mass is 234 g/mol. The molecule has 0 radical (unpaired) electrons. The maximum absolute atomic E-state index is 11.7. The van der Waals surface area contributed by atoms with Crippen molar-refractivity contribution in [2.45, 2.75) is 19.1 Å². The molecule has 0 aliphatic carbocycles. The third-order valence-electron chi connectivity index (χ3n) is 2.82. The van der Waals surface area contributed by atoms with Gasteiger partial charge in [-0.25, -0.2) is 8.42 Å². The number of hydrogen-bond acceptors (Lipinski definition) is 4. The van der Waals surface area contributed by atoms with Crippen LogP contribution in [0.3, 0.4) is 0 Å². The van der Waals surface area contributed by atoms with Gasteiger partial charge in [0.2, 0.25) is 5.91 Å². The Morgan fingerprint density at radius 2 is 2.20 bits per heavy atom. The van der Waals surface area contributed by atoms with Crippen molar-refractivity contribution in [3.8, 4) is 0 Å². The second kappa shape index (κ2) is 4.49. The van der Waals surface area contributed by atoms with Gasteiger partial charge in [0.1, 0.15) is 0 Å². The van der Waals surface area contributed by atoms with Gasteiger partial charge in [-0.15, -0.1) is 0 Å². The number of hydrogen-bond donors (Lipinski definition) is 1. The molecule has 1 heterocycles. The van der Waals surface area contributed by atoms with Crippen molar-refractivity contribution in [1.29, 1.82) is 0 Å². The highest BCUT2D eigenvalue weighted by molar-refractivity contribution is 7.92. The average Bonchev–Trinajstić information content (AvgIpc) is 2.20. The maximum atomic E-state index is 11.7. The molecule has 0 spiro atoms. The van der Waals surface area contributed by atoms with Crippen LogP contribution < -0.4 is 5.73 Å². The van der Waals surface area contributed by atoms with Gasteiger partial charge in [0, 0.05) is 25.6 Å². The summed E-state index contributed by atoms with van der Waals surface area (Å²) in [4.78, 5) is 13.3. The first-order valence-electron chi connectivity index (χ1n) is 5.09. The second-order valence-corrected chi connectivity index (χ2v) is 6.64. The van der Waals surface area contributed by atoms with Crippen LogP contribution in [-0.2, 0) is 14.6 Å². The van der Waals surface area contributed by atoms with Crippen LogP contribution in [0, 0.1) is 5.92 Å². The summed E-state index contributed by atoms with van der Waals surface area (Å²) in [5.41, 5.74) is 5.40. The van der Waals surface area contributed by atoms with Gasteiger partial charge in [-0.1, -0.05) is 6.92 Å². The molecule has 2 unspecified atom stereocenters. The first-order chi connectivity index (χ1) is 6.88. The van der Waals surface area contributed by atoms with E-state index in [2.05, 4.69) is 0 Å². The number of nitrogens with two attached hydrogens (primary N) is 1. The predicted octanol–water partition coefficient (Wildman–Crippen LogP) is -0.773. The van der Waals surface area contributed by atoms with Crippen LogP contribution in [0.5, 0.6) is 0 Å². The molecular formula is C9H18N2O3S. The van der Waals surface area contributed by atoms with E-state index in [1.807, 2.05) is 0 Å². The van der Waals surface area contributed by atoms with Crippen molar-refractivity contribution in [3.05, 3.63) is 0 Å². The standard InChI is InChI=1S/C9H18N2O3S/c1-7(5-10)9(12)11-3-4-15(13,14)8(2)6-11/h7-8H,3-6,10H2,1-2H3. The molecule has 1 fully saturated rings. The van der Waals surface area contributed by atoms with Gasteiger partial charge in [0.15, 0.2) is 9.84 Å². The van der Waals surface area contributed by atoms with Crippen molar-refractivity contribution in [1.82, 2.24) is 4.90 Å². The average molecular weight is 234 g/mol. The molecular weight excluding hydrogens is 216 g/mol. The van der Waals surface area contributed by atoms with Gasteiger partial charge in [-0.3, -0.25) is 4.79 Å². The highest BCUT2D eigenvalue weighted by Crippen LogP contribution is 2.14. The third-order valence-corrected chi connectivity index (χ3v) is 4.95. The molecule has 0 bridgehead atoms. The van der Waals surface area contributed by atoms with Crippen molar-refractivity contribution in [2.75, 3.05) is 25.4 Å². The molecule has 0 aromatic heterocycles. The van der Waals surface area contributed by atoms with E-state index in [4.69, 9.17) is 5.73 Å². The minimum atomic E-state index is -2.99. The lowest BCUT2D eigenvalue weighted by Gasteiger charge is -2.32. The zero-order chi connectivity index (χ0) is 11.6.